The Bertz CT molecular complexity index is 175. The van der Waals surface area contributed by atoms with Crippen LogP contribution in [0.3, 0.4) is 0 Å². The van der Waals surface area contributed by atoms with Crippen molar-refractivity contribution in [2.45, 2.75) is 6.92 Å². The molecule has 0 aromatic heterocycles. The van der Waals surface area contributed by atoms with Crippen LogP contribution in [-0.2, 0) is 0 Å². The van der Waals surface area contributed by atoms with Gasteiger partial charge in [-0.3, -0.25) is 4.99 Å². The average molecular weight is 194 g/mol. The molecular weight excluding hydrogens is 178 g/mol. The van der Waals surface area contributed by atoms with Crippen LogP contribution in [0.2, 0.25) is 0 Å². The maximum absolute atomic E-state index is 5.46. The highest BCUT2D eigenvalue weighted by molar-refractivity contribution is 5.92. The zero-order chi connectivity index (χ0) is 8.85. The summed E-state index contributed by atoms with van der Waals surface area (Å²) in [6.45, 7) is 2.50. The van der Waals surface area contributed by atoms with E-state index in [1.165, 1.54) is 0 Å². The van der Waals surface area contributed by atoms with Crippen LogP contribution in [0.25, 0.3) is 0 Å². The standard InChI is InChI=1S/C6H15N5.ClH/c1-4-9-5(7)10-6(8)11(2)3;/h4H2,1-3H3,(H4,7,8,9,10);1H. The lowest BCUT2D eigenvalue weighted by molar-refractivity contribution is 0.615. The Morgan fingerprint density at radius 3 is 2.17 bits per heavy atom. The molecule has 0 heterocycles. The van der Waals surface area contributed by atoms with Crippen molar-refractivity contribution in [3.8, 4) is 0 Å². The summed E-state index contributed by atoms with van der Waals surface area (Å²) in [7, 11) is 3.58. The molecule has 12 heavy (non-hydrogen) atoms. The summed E-state index contributed by atoms with van der Waals surface area (Å²) in [6, 6.07) is 0. The zero-order valence-corrected chi connectivity index (χ0v) is 8.43. The molecule has 0 aliphatic heterocycles. The van der Waals surface area contributed by atoms with Crippen molar-refractivity contribution in [2.75, 3.05) is 20.6 Å². The van der Waals surface area contributed by atoms with Crippen molar-refractivity contribution in [1.29, 1.82) is 0 Å². The minimum atomic E-state index is 0. The smallest absolute Gasteiger partial charge is 0.218 e. The molecule has 0 spiro atoms. The molecule has 5 nitrogen and oxygen atoms in total. The number of guanidine groups is 2. The minimum Gasteiger partial charge on any atom is -0.369 e. The van der Waals surface area contributed by atoms with Crippen molar-refractivity contribution in [3.63, 3.8) is 0 Å². The molecule has 0 aromatic rings. The van der Waals surface area contributed by atoms with Gasteiger partial charge >= 0.3 is 0 Å². The van der Waals surface area contributed by atoms with Crippen LogP contribution < -0.4 is 11.5 Å². The Kier molecular flexibility index (Phi) is 7.62. The number of nitrogens with zero attached hydrogens (tertiary/aromatic N) is 3. The number of aliphatic imine (C=N–C) groups is 2. The lowest BCUT2D eigenvalue weighted by Crippen LogP contribution is -2.32. The number of nitrogens with two attached hydrogens (primary N) is 2. The Labute approximate surface area is 78.9 Å². The number of hydrogen-bond donors (Lipinski definition) is 2. The van der Waals surface area contributed by atoms with Gasteiger partial charge in [-0.2, -0.15) is 4.99 Å². The SMILES string of the molecule is CCN=C(N)N=C(N)N(C)C.Cl. The summed E-state index contributed by atoms with van der Waals surface area (Å²) in [5.41, 5.74) is 10.8. The topological polar surface area (TPSA) is 80.0 Å². The molecule has 72 valence electrons. The molecule has 0 aliphatic rings. The van der Waals surface area contributed by atoms with Gasteiger partial charge in [0.25, 0.3) is 0 Å². The first kappa shape index (κ1) is 13.6. The molecule has 4 N–H and O–H groups in total. The Morgan fingerprint density at radius 2 is 1.83 bits per heavy atom. The molecule has 0 aliphatic carbocycles. The van der Waals surface area contributed by atoms with Gasteiger partial charge in [-0.25, -0.2) is 0 Å². The molecule has 0 radical (unpaired) electrons. The van der Waals surface area contributed by atoms with Gasteiger partial charge in [0.1, 0.15) is 0 Å². The predicted molar refractivity (Wildman–Crippen MR) is 54.7 cm³/mol. The number of rotatable bonds is 1. The van der Waals surface area contributed by atoms with Crippen molar-refractivity contribution in [3.05, 3.63) is 0 Å². The van der Waals surface area contributed by atoms with Crippen LogP contribution in [-0.4, -0.2) is 37.5 Å². The summed E-state index contributed by atoms with van der Waals surface area (Å²) < 4.78 is 0. The molecule has 0 unspecified atom stereocenters. The minimum absolute atomic E-state index is 0. The van der Waals surface area contributed by atoms with Gasteiger partial charge < -0.3 is 16.4 Å². The van der Waals surface area contributed by atoms with E-state index in [0.29, 0.717) is 12.5 Å². The highest BCUT2D eigenvalue weighted by Gasteiger charge is 1.93. The summed E-state index contributed by atoms with van der Waals surface area (Å²) in [5.74, 6) is 0.582. The summed E-state index contributed by atoms with van der Waals surface area (Å²) in [4.78, 5) is 9.33. The second-order valence-electron chi connectivity index (χ2n) is 2.20. The van der Waals surface area contributed by atoms with Crippen LogP contribution in [0.1, 0.15) is 6.92 Å². The van der Waals surface area contributed by atoms with Gasteiger partial charge in [0.2, 0.25) is 5.96 Å². The van der Waals surface area contributed by atoms with Crippen molar-refractivity contribution in [2.24, 2.45) is 21.5 Å². The second-order valence-corrected chi connectivity index (χ2v) is 2.20. The summed E-state index contributed by atoms with van der Waals surface area (Å²) in [5, 5.41) is 0. The monoisotopic (exact) mass is 193 g/mol. The molecule has 0 rings (SSSR count). The summed E-state index contributed by atoms with van der Waals surface area (Å²) in [6.07, 6.45) is 0. The fraction of sp³-hybridized carbons (Fsp3) is 0.667. The van der Waals surface area contributed by atoms with E-state index in [2.05, 4.69) is 9.98 Å². The molecule has 0 fully saturated rings. The molecule has 0 atom stereocenters. The molecule has 6 heteroatoms. The summed E-state index contributed by atoms with van der Waals surface area (Å²) >= 11 is 0. The van der Waals surface area contributed by atoms with E-state index >= 15 is 0 Å². The molecule has 0 saturated carbocycles. The number of halogens is 1. The molecule has 0 bridgehead atoms. The highest BCUT2D eigenvalue weighted by atomic mass is 35.5. The van der Waals surface area contributed by atoms with E-state index in [1.807, 2.05) is 6.92 Å². The van der Waals surface area contributed by atoms with Crippen molar-refractivity contribution in [1.82, 2.24) is 4.90 Å². The maximum Gasteiger partial charge on any atom is 0.218 e. The molecule has 0 amide bonds. The lowest BCUT2D eigenvalue weighted by atomic mass is 10.7. The third kappa shape index (κ3) is 5.79. The van der Waals surface area contributed by atoms with Gasteiger partial charge in [-0.15, -0.1) is 12.4 Å². The highest BCUT2D eigenvalue weighted by Crippen LogP contribution is 1.77. The van der Waals surface area contributed by atoms with Gasteiger partial charge in [-0.05, 0) is 6.92 Å². The van der Waals surface area contributed by atoms with E-state index in [0.717, 1.165) is 0 Å². The van der Waals surface area contributed by atoms with Crippen LogP contribution in [0.4, 0.5) is 0 Å². The Balaban J connectivity index is 0. The lowest BCUT2D eigenvalue weighted by Gasteiger charge is -2.09. The number of hydrogen-bond acceptors (Lipinski definition) is 1. The van der Waals surface area contributed by atoms with E-state index < -0.39 is 0 Å². The quantitative estimate of drug-likeness (QED) is 0.440. The van der Waals surface area contributed by atoms with Crippen LogP contribution in [0.15, 0.2) is 9.98 Å². The molecule has 0 aromatic carbocycles. The fourth-order valence-electron chi connectivity index (χ4n) is 0.415. The Morgan fingerprint density at radius 1 is 1.33 bits per heavy atom. The predicted octanol–water partition coefficient (Wildman–Crippen LogP) is -0.381. The molecular formula is C6H16ClN5. The largest absolute Gasteiger partial charge is 0.369 e. The Hall–Kier alpha value is -0.970. The normalized spacial score (nSPS) is 12.2. The van der Waals surface area contributed by atoms with Crippen LogP contribution in [0, 0.1) is 0 Å². The first-order valence-electron chi connectivity index (χ1n) is 3.39. The first-order valence-corrected chi connectivity index (χ1v) is 3.39. The van der Waals surface area contributed by atoms with E-state index in [1.54, 1.807) is 19.0 Å². The second kappa shape index (κ2) is 6.72. The van der Waals surface area contributed by atoms with Gasteiger partial charge in [0, 0.05) is 20.6 Å². The maximum atomic E-state index is 5.46. The van der Waals surface area contributed by atoms with E-state index in [9.17, 15) is 0 Å². The van der Waals surface area contributed by atoms with Crippen molar-refractivity contribution >= 4 is 24.3 Å². The first-order chi connectivity index (χ1) is 5.07. The average Bonchev–Trinajstić information content (AvgIpc) is 1.87. The van der Waals surface area contributed by atoms with Crippen LogP contribution >= 0.6 is 12.4 Å². The van der Waals surface area contributed by atoms with Crippen molar-refractivity contribution < 1.29 is 0 Å². The fourth-order valence-corrected chi connectivity index (χ4v) is 0.415. The molecule has 0 saturated heterocycles. The zero-order valence-electron chi connectivity index (χ0n) is 7.61. The third-order valence-corrected chi connectivity index (χ3v) is 1.01. The van der Waals surface area contributed by atoms with Gasteiger partial charge in [0.15, 0.2) is 5.96 Å². The third-order valence-electron chi connectivity index (χ3n) is 1.01. The van der Waals surface area contributed by atoms with Gasteiger partial charge in [-0.1, -0.05) is 0 Å². The van der Waals surface area contributed by atoms with Gasteiger partial charge in [0.05, 0.1) is 0 Å². The van der Waals surface area contributed by atoms with E-state index in [-0.39, 0.29) is 18.4 Å². The van der Waals surface area contributed by atoms with E-state index in [4.69, 9.17) is 11.5 Å². The van der Waals surface area contributed by atoms with Crippen LogP contribution in [0.5, 0.6) is 0 Å².